The van der Waals surface area contributed by atoms with Crippen LogP contribution in [0.3, 0.4) is 0 Å². The van der Waals surface area contributed by atoms with E-state index >= 15 is 0 Å². The second kappa shape index (κ2) is 4.49. The Morgan fingerprint density at radius 1 is 1.56 bits per heavy atom. The molecule has 0 bridgehead atoms. The Kier molecular flexibility index (Phi) is 3.05. The molecule has 2 heterocycles. The van der Waals surface area contributed by atoms with Crippen LogP contribution < -0.4 is 5.32 Å². The van der Waals surface area contributed by atoms with Crippen LogP contribution in [0.2, 0.25) is 5.28 Å². The third-order valence-electron chi connectivity index (χ3n) is 2.20. The number of nitrogens with zero attached hydrogens (tertiary/aromatic N) is 4. The Morgan fingerprint density at radius 3 is 3.06 bits per heavy atom. The van der Waals surface area contributed by atoms with Gasteiger partial charge in [-0.05, 0) is 18.5 Å². The van der Waals surface area contributed by atoms with Crippen molar-refractivity contribution in [3.63, 3.8) is 0 Å². The number of hydrogen-bond donors (Lipinski definition) is 1. The number of halogens is 1. The van der Waals surface area contributed by atoms with Gasteiger partial charge in [-0.25, -0.2) is 4.98 Å². The molecule has 0 atom stereocenters. The summed E-state index contributed by atoms with van der Waals surface area (Å²) in [6.45, 7) is 7.11. The van der Waals surface area contributed by atoms with Crippen molar-refractivity contribution in [3.05, 3.63) is 24.3 Å². The van der Waals surface area contributed by atoms with Crippen LogP contribution >= 0.6 is 11.6 Å². The Hall–Kier alpha value is -1.62. The van der Waals surface area contributed by atoms with E-state index in [4.69, 9.17) is 11.6 Å². The molecule has 0 aliphatic carbocycles. The van der Waals surface area contributed by atoms with Gasteiger partial charge in [0.05, 0.1) is 6.33 Å². The molecule has 0 radical (unpaired) electrons. The first-order valence-corrected chi connectivity index (χ1v) is 5.37. The van der Waals surface area contributed by atoms with E-state index in [1.165, 1.54) is 0 Å². The first-order chi connectivity index (χ1) is 7.76. The Bertz CT molecular complexity index is 519. The molecule has 0 aliphatic rings. The molecular formula is C10H12ClN5. The van der Waals surface area contributed by atoms with Gasteiger partial charge in [0.25, 0.3) is 0 Å². The highest BCUT2D eigenvalue weighted by atomic mass is 35.5. The van der Waals surface area contributed by atoms with E-state index in [-0.39, 0.29) is 5.28 Å². The van der Waals surface area contributed by atoms with Gasteiger partial charge < -0.3 is 9.88 Å². The number of aryl methyl sites for hydroxylation is 1. The van der Waals surface area contributed by atoms with Crippen molar-refractivity contribution in [1.29, 1.82) is 0 Å². The average molecular weight is 238 g/mol. The van der Waals surface area contributed by atoms with Crippen LogP contribution in [0.25, 0.3) is 11.2 Å². The minimum atomic E-state index is 0.195. The number of fused-ring (bicyclic) bond motifs is 1. The van der Waals surface area contributed by atoms with Crippen molar-refractivity contribution in [2.75, 3.05) is 11.9 Å². The zero-order valence-corrected chi connectivity index (χ0v) is 9.70. The molecule has 2 aromatic heterocycles. The molecule has 0 fully saturated rings. The first kappa shape index (κ1) is 10.9. The minimum absolute atomic E-state index is 0.195. The Labute approximate surface area is 98.2 Å². The normalized spacial score (nSPS) is 10.6. The van der Waals surface area contributed by atoms with Gasteiger partial charge >= 0.3 is 0 Å². The van der Waals surface area contributed by atoms with Crippen LogP contribution in [0.15, 0.2) is 19.0 Å². The fourth-order valence-electron chi connectivity index (χ4n) is 1.48. The van der Waals surface area contributed by atoms with E-state index in [1.807, 2.05) is 11.5 Å². The highest BCUT2D eigenvalue weighted by Gasteiger charge is 2.11. The fraction of sp³-hybridized carbons (Fsp3) is 0.300. The van der Waals surface area contributed by atoms with Gasteiger partial charge in [-0.2, -0.15) is 9.97 Å². The lowest BCUT2D eigenvalue weighted by atomic mass is 10.4. The zero-order valence-electron chi connectivity index (χ0n) is 8.94. The van der Waals surface area contributed by atoms with E-state index in [0.29, 0.717) is 18.0 Å². The number of aromatic nitrogens is 4. The summed E-state index contributed by atoms with van der Waals surface area (Å²) in [7, 11) is 0. The molecule has 6 heteroatoms. The van der Waals surface area contributed by atoms with Crippen molar-refractivity contribution in [2.45, 2.75) is 13.5 Å². The molecule has 1 N–H and O–H groups in total. The highest BCUT2D eigenvalue weighted by Crippen LogP contribution is 2.21. The third kappa shape index (κ3) is 1.86. The van der Waals surface area contributed by atoms with Gasteiger partial charge in [-0.15, -0.1) is 6.58 Å². The van der Waals surface area contributed by atoms with E-state index in [0.717, 1.165) is 12.1 Å². The van der Waals surface area contributed by atoms with E-state index in [1.54, 1.807) is 12.4 Å². The lowest BCUT2D eigenvalue weighted by Gasteiger charge is -2.06. The lowest BCUT2D eigenvalue weighted by molar-refractivity contribution is 0.786. The predicted octanol–water partition coefficient (Wildman–Crippen LogP) is 2.10. The summed E-state index contributed by atoms with van der Waals surface area (Å²) in [4.78, 5) is 12.4. The molecule has 0 unspecified atom stereocenters. The summed E-state index contributed by atoms with van der Waals surface area (Å²) >= 11 is 5.82. The number of rotatable bonds is 4. The first-order valence-electron chi connectivity index (χ1n) is 4.99. The van der Waals surface area contributed by atoms with Crippen molar-refractivity contribution in [1.82, 2.24) is 19.5 Å². The zero-order chi connectivity index (χ0) is 11.5. The lowest BCUT2D eigenvalue weighted by Crippen LogP contribution is -2.05. The number of nitrogens with one attached hydrogen (secondary N) is 1. The van der Waals surface area contributed by atoms with Gasteiger partial charge in [-0.3, -0.25) is 0 Å². The summed E-state index contributed by atoms with van der Waals surface area (Å²) in [5.41, 5.74) is 1.47. The van der Waals surface area contributed by atoms with Crippen LogP contribution in [0.4, 0.5) is 5.82 Å². The number of imidazole rings is 1. The molecule has 16 heavy (non-hydrogen) atoms. The summed E-state index contributed by atoms with van der Waals surface area (Å²) in [6, 6.07) is 0. The molecule has 5 nitrogen and oxygen atoms in total. The topological polar surface area (TPSA) is 55.6 Å². The van der Waals surface area contributed by atoms with Crippen LogP contribution in [0.1, 0.15) is 6.92 Å². The third-order valence-corrected chi connectivity index (χ3v) is 2.37. The fourth-order valence-corrected chi connectivity index (χ4v) is 1.65. The van der Waals surface area contributed by atoms with Gasteiger partial charge in [-0.1, -0.05) is 6.08 Å². The standard InChI is InChI=1S/C10H12ClN5/c1-3-5-12-8-7-9(15-10(11)14-8)13-6-16(7)4-2/h3,6H,1,4-5H2,2H3,(H,12,14,15). The number of hydrogen-bond acceptors (Lipinski definition) is 4. The van der Waals surface area contributed by atoms with Crippen molar-refractivity contribution >= 4 is 28.6 Å². The molecule has 84 valence electrons. The largest absolute Gasteiger partial charge is 0.365 e. The number of anilines is 1. The maximum absolute atomic E-state index is 5.82. The van der Waals surface area contributed by atoms with Crippen LogP contribution in [-0.2, 0) is 6.54 Å². The molecule has 0 amide bonds. The predicted molar refractivity (Wildman–Crippen MR) is 64.7 cm³/mol. The monoisotopic (exact) mass is 237 g/mol. The van der Waals surface area contributed by atoms with Crippen molar-refractivity contribution in [2.24, 2.45) is 0 Å². The van der Waals surface area contributed by atoms with Gasteiger partial charge in [0, 0.05) is 13.1 Å². The average Bonchev–Trinajstić information content (AvgIpc) is 2.68. The van der Waals surface area contributed by atoms with E-state index in [9.17, 15) is 0 Å². The van der Waals surface area contributed by atoms with Crippen molar-refractivity contribution in [3.8, 4) is 0 Å². The van der Waals surface area contributed by atoms with Gasteiger partial charge in [0.15, 0.2) is 11.5 Å². The minimum Gasteiger partial charge on any atom is -0.365 e. The summed E-state index contributed by atoms with van der Waals surface area (Å²) in [6.07, 6.45) is 3.49. The second-order valence-electron chi connectivity index (χ2n) is 3.21. The molecule has 0 saturated heterocycles. The van der Waals surface area contributed by atoms with Gasteiger partial charge in [0.2, 0.25) is 5.28 Å². The van der Waals surface area contributed by atoms with E-state index < -0.39 is 0 Å². The van der Waals surface area contributed by atoms with Gasteiger partial charge in [0.1, 0.15) is 5.52 Å². The summed E-state index contributed by atoms with van der Waals surface area (Å²) in [5, 5.41) is 3.32. The second-order valence-corrected chi connectivity index (χ2v) is 3.55. The smallest absolute Gasteiger partial charge is 0.226 e. The van der Waals surface area contributed by atoms with Crippen molar-refractivity contribution < 1.29 is 0 Å². The highest BCUT2D eigenvalue weighted by molar-refractivity contribution is 6.28. The maximum atomic E-state index is 5.82. The quantitative estimate of drug-likeness (QED) is 0.654. The van der Waals surface area contributed by atoms with Crippen LogP contribution in [0, 0.1) is 0 Å². The molecule has 0 spiro atoms. The molecule has 0 saturated carbocycles. The summed E-state index contributed by atoms with van der Waals surface area (Å²) in [5.74, 6) is 0.689. The van der Waals surface area contributed by atoms with Crippen LogP contribution in [-0.4, -0.2) is 26.1 Å². The molecule has 2 rings (SSSR count). The molecule has 0 aliphatic heterocycles. The summed E-state index contributed by atoms with van der Waals surface area (Å²) < 4.78 is 1.97. The molecule has 0 aromatic carbocycles. The Morgan fingerprint density at radius 2 is 2.38 bits per heavy atom. The van der Waals surface area contributed by atoms with E-state index in [2.05, 4.69) is 26.8 Å². The SMILES string of the molecule is C=CCNc1nc(Cl)nc2ncn(CC)c12. The van der Waals surface area contributed by atoms with Crippen LogP contribution in [0.5, 0.6) is 0 Å². The molecular weight excluding hydrogens is 226 g/mol. The molecule has 2 aromatic rings. The Balaban J connectivity index is 2.58. The maximum Gasteiger partial charge on any atom is 0.226 e.